The van der Waals surface area contributed by atoms with Gasteiger partial charge in [0, 0.05) is 10.9 Å². The van der Waals surface area contributed by atoms with Gasteiger partial charge in [0.05, 0.1) is 12.2 Å². The lowest BCUT2D eigenvalue weighted by molar-refractivity contribution is -0.128. The third kappa shape index (κ3) is 7.08. The number of rotatable bonds is 8. The summed E-state index contributed by atoms with van der Waals surface area (Å²) in [6, 6.07) is 20.7. The molecule has 7 heteroatoms. The van der Waals surface area contributed by atoms with E-state index in [0.717, 1.165) is 21.2 Å². The van der Waals surface area contributed by atoms with Gasteiger partial charge < -0.3 is 9.47 Å². The van der Waals surface area contributed by atoms with Gasteiger partial charge in [-0.2, -0.15) is 0 Å². The molecule has 1 atom stereocenters. The standard InChI is InChI=1S/C26H27BrN2O4/c1-17-9-11-22(15-18(17)2)33-19(3)25(30)28-29-26(31)23-16-21(27)10-12-24(23)32-14-13-20-7-5-4-6-8-20/h4-12,15-16,19H,13-14H2,1-3H3,(H,28,30)(H,29,31). The van der Waals surface area contributed by atoms with Crippen molar-refractivity contribution in [1.82, 2.24) is 10.9 Å². The molecule has 0 bridgehead atoms. The minimum atomic E-state index is -0.795. The maximum absolute atomic E-state index is 12.8. The maximum Gasteiger partial charge on any atom is 0.279 e. The third-order valence-electron chi connectivity index (χ3n) is 5.14. The molecule has 3 aromatic carbocycles. The Kier molecular flexibility index (Phi) is 8.49. The zero-order valence-corrected chi connectivity index (χ0v) is 20.4. The first-order valence-electron chi connectivity index (χ1n) is 10.6. The van der Waals surface area contributed by atoms with Crippen molar-refractivity contribution >= 4 is 27.7 Å². The average molecular weight is 511 g/mol. The fourth-order valence-corrected chi connectivity index (χ4v) is 3.42. The van der Waals surface area contributed by atoms with Gasteiger partial charge in [0.2, 0.25) is 0 Å². The predicted octanol–water partition coefficient (Wildman–Crippen LogP) is 4.92. The van der Waals surface area contributed by atoms with E-state index in [2.05, 4.69) is 26.8 Å². The van der Waals surface area contributed by atoms with Crippen molar-refractivity contribution in [3.63, 3.8) is 0 Å². The van der Waals surface area contributed by atoms with E-state index in [1.807, 2.05) is 62.4 Å². The molecule has 1 unspecified atom stereocenters. The van der Waals surface area contributed by atoms with E-state index in [4.69, 9.17) is 9.47 Å². The first-order chi connectivity index (χ1) is 15.8. The van der Waals surface area contributed by atoms with Crippen LogP contribution in [0.2, 0.25) is 0 Å². The van der Waals surface area contributed by atoms with Crippen LogP contribution >= 0.6 is 15.9 Å². The Bertz CT molecular complexity index is 1120. The molecular weight excluding hydrogens is 484 g/mol. The van der Waals surface area contributed by atoms with Crippen LogP contribution in [0.25, 0.3) is 0 Å². The maximum atomic E-state index is 12.8. The number of amides is 2. The summed E-state index contributed by atoms with van der Waals surface area (Å²) in [5.74, 6) is 0.0642. The average Bonchev–Trinajstić information content (AvgIpc) is 2.81. The first-order valence-corrected chi connectivity index (χ1v) is 11.4. The Morgan fingerprint density at radius 1 is 0.939 bits per heavy atom. The van der Waals surface area contributed by atoms with Gasteiger partial charge >= 0.3 is 0 Å². The third-order valence-corrected chi connectivity index (χ3v) is 5.63. The highest BCUT2D eigenvalue weighted by Crippen LogP contribution is 2.23. The van der Waals surface area contributed by atoms with Crippen LogP contribution in [-0.2, 0) is 11.2 Å². The quantitative estimate of drug-likeness (QED) is 0.422. The van der Waals surface area contributed by atoms with E-state index in [9.17, 15) is 9.59 Å². The van der Waals surface area contributed by atoms with Gasteiger partial charge in [0.15, 0.2) is 6.10 Å². The van der Waals surface area contributed by atoms with E-state index in [-0.39, 0.29) is 0 Å². The Morgan fingerprint density at radius 3 is 2.42 bits per heavy atom. The number of carbonyl (C=O) groups is 2. The van der Waals surface area contributed by atoms with Crippen LogP contribution in [0.1, 0.15) is 34.0 Å². The Hall–Kier alpha value is -3.32. The second kappa shape index (κ2) is 11.5. The zero-order valence-electron chi connectivity index (χ0n) is 18.9. The van der Waals surface area contributed by atoms with E-state index < -0.39 is 17.9 Å². The highest BCUT2D eigenvalue weighted by Gasteiger charge is 2.18. The molecule has 3 aromatic rings. The number of benzene rings is 3. The number of ether oxygens (including phenoxy) is 2. The summed E-state index contributed by atoms with van der Waals surface area (Å²) in [5.41, 5.74) is 8.53. The van der Waals surface area contributed by atoms with Gasteiger partial charge in [0.25, 0.3) is 11.8 Å². The van der Waals surface area contributed by atoms with Crippen molar-refractivity contribution in [2.45, 2.75) is 33.3 Å². The number of halogens is 1. The molecule has 33 heavy (non-hydrogen) atoms. The topological polar surface area (TPSA) is 76.7 Å². The van der Waals surface area contributed by atoms with Crippen LogP contribution in [0.3, 0.4) is 0 Å². The molecule has 0 spiro atoms. The van der Waals surface area contributed by atoms with Crippen molar-refractivity contribution in [2.75, 3.05) is 6.61 Å². The Morgan fingerprint density at radius 2 is 1.70 bits per heavy atom. The van der Waals surface area contributed by atoms with Crippen molar-refractivity contribution in [1.29, 1.82) is 0 Å². The summed E-state index contributed by atoms with van der Waals surface area (Å²) in [4.78, 5) is 25.2. The monoisotopic (exact) mass is 510 g/mol. The van der Waals surface area contributed by atoms with E-state index in [1.54, 1.807) is 25.1 Å². The number of hydrazine groups is 1. The van der Waals surface area contributed by atoms with E-state index >= 15 is 0 Å². The summed E-state index contributed by atoms with van der Waals surface area (Å²) in [5, 5.41) is 0. The molecule has 172 valence electrons. The summed E-state index contributed by atoms with van der Waals surface area (Å²) in [6.45, 7) is 6.02. The van der Waals surface area contributed by atoms with Crippen molar-refractivity contribution in [3.05, 3.63) is 93.5 Å². The van der Waals surface area contributed by atoms with Gasteiger partial charge in [-0.1, -0.05) is 52.3 Å². The van der Waals surface area contributed by atoms with Gasteiger partial charge in [-0.05, 0) is 67.8 Å². The van der Waals surface area contributed by atoms with Gasteiger partial charge in [0.1, 0.15) is 11.5 Å². The lowest BCUT2D eigenvalue weighted by atomic mass is 10.1. The van der Waals surface area contributed by atoms with Crippen molar-refractivity contribution in [2.24, 2.45) is 0 Å². The van der Waals surface area contributed by atoms with Gasteiger partial charge in [-0.3, -0.25) is 20.4 Å². The fraction of sp³-hybridized carbons (Fsp3) is 0.231. The highest BCUT2D eigenvalue weighted by atomic mass is 79.9. The minimum Gasteiger partial charge on any atom is -0.492 e. The molecule has 0 aliphatic carbocycles. The number of carbonyl (C=O) groups excluding carboxylic acids is 2. The summed E-state index contributed by atoms with van der Waals surface area (Å²) in [6.07, 6.45) is -0.0845. The Labute approximate surface area is 202 Å². The van der Waals surface area contributed by atoms with Crippen LogP contribution < -0.4 is 20.3 Å². The molecule has 2 N–H and O–H groups in total. The minimum absolute atomic E-state index is 0.306. The fourth-order valence-electron chi connectivity index (χ4n) is 3.06. The van der Waals surface area contributed by atoms with Gasteiger partial charge in [-0.25, -0.2) is 0 Å². The van der Waals surface area contributed by atoms with E-state index in [1.165, 1.54) is 0 Å². The van der Waals surface area contributed by atoms with E-state index in [0.29, 0.717) is 30.1 Å². The Balaban J connectivity index is 1.56. The molecule has 3 rings (SSSR count). The van der Waals surface area contributed by atoms with Crippen LogP contribution in [0.15, 0.2) is 71.2 Å². The SMILES string of the molecule is Cc1ccc(OC(C)C(=O)NNC(=O)c2cc(Br)ccc2OCCc2ccccc2)cc1C. The lowest BCUT2D eigenvalue weighted by Crippen LogP contribution is -2.47. The molecule has 0 aliphatic heterocycles. The predicted molar refractivity (Wildman–Crippen MR) is 131 cm³/mol. The largest absolute Gasteiger partial charge is 0.492 e. The molecule has 2 amide bonds. The first kappa shape index (κ1) is 24.3. The van der Waals surface area contributed by atoms with Crippen molar-refractivity contribution in [3.8, 4) is 11.5 Å². The zero-order chi connectivity index (χ0) is 23.8. The molecule has 0 radical (unpaired) electrons. The molecule has 0 aromatic heterocycles. The number of hydrogen-bond acceptors (Lipinski definition) is 4. The number of aryl methyl sites for hydroxylation is 2. The highest BCUT2D eigenvalue weighted by molar-refractivity contribution is 9.10. The molecule has 0 heterocycles. The summed E-state index contributed by atoms with van der Waals surface area (Å²) >= 11 is 3.38. The molecule has 0 fully saturated rings. The van der Waals surface area contributed by atoms with Crippen LogP contribution in [0.4, 0.5) is 0 Å². The summed E-state index contributed by atoms with van der Waals surface area (Å²) < 4.78 is 12.3. The molecule has 0 saturated carbocycles. The normalized spacial score (nSPS) is 11.4. The van der Waals surface area contributed by atoms with Crippen LogP contribution in [0, 0.1) is 13.8 Å². The molecular formula is C26H27BrN2O4. The molecule has 0 saturated heterocycles. The van der Waals surface area contributed by atoms with Crippen LogP contribution in [-0.4, -0.2) is 24.5 Å². The second-order valence-corrected chi connectivity index (χ2v) is 8.59. The second-order valence-electron chi connectivity index (χ2n) is 7.67. The van der Waals surface area contributed by atoms with Crippen molar-refractivity contribution < 1.29 is 19.1 Å². The van der Waals surface area contributed by atoms with Gasteiger partial charge in [-0.15, -0.1) is 0 Å². The molecule has 6 nitrogen and oxygen atoms in total. The summed E-state index contributed by atoms with van der Waals surface area (Å²) in [7, 11) is 0. The van der Waals surface area contributed by atoms with Crippen LogP contribution in [0.5, 0.6) is 11.5 Å². The lowest BCUT2D eigenvalue weighted by Gasteiger charge is -2.17. The number of hydrogen-bond donors (Lipinski definition) is 2. The number of nitrogens with one attached hydrogen (secondary N) is 2. The smallest absolute Gasteiger partial charge is 0.279 e. The molecule has 0 aliphatic rings.